The zero-order valence-corrected chi connectivity index (χ0v) is 29.2. The van der Waals surface area contributed by atoms with Crippen molar-refractivity contribution in [3.63, 3.8) is 0 Å². The Morgan fingerprint density at radius 3 is 1.51 bits per heavy atom. The van der Waals surface area contributed by atoms with Crippen molar-refractivity contribution in [1.82, 2.24) is 9.47 Å². The number of aryl methyl sites for hydroxylation is 1. The molecule has 1 radical (unpaired) electrons. The van der Waals surface area contributed by atoms with Crippen LogP contribution in [0.25, 0.3) is 32.9 Å². The number of aromatic nitrogens is 1. The second kappa shape index (κ2) is 23.6. The summed E-state index contributed by atoms with van der Waals surface area (Å²) in [5, 5.41) is 2.68. The van der Waals surface area contributed by atoms with Gasteiger partial charge in [0.15, 0.2) is 0 Å². The summed E-state index contributed by atoms with van der Waals surface area (Å²) < 4.78 is 2.28. The molecule has 0 bridgehead atoms. The quantitative estimate of drug-likeness (QED) is 0.187. The second-order valence-electron chi connectivity index (χ2n) is 7.72. The monoisotopic (exact) mass is 599 g/mol. The number of hydrogen-bond donors (Lipinski definition) is 0. The number of para-hydroxylation sites is 1. The fourth-order valence-electron chi connectivity index (χ4n) is 3.79. The first kappa shape index (κ1) is 38.9. The molecule has 5 rings (SSSR count). The first-order valence-electron chi connectivity index (χ1n) is 14.2. The van der Waals surface area contributed by atoms with Crippen LogP contribution in [-0.4, -0.2) is 23.6 Å². The SMILES string of the molecule is CC.CC.CC.CC.CN(C)Cc1ccc2c3ccccc3n(C)c2c1.[Y].[c-]1ccccc1-c1[c-]cccc1. The molecule has 0 atom stereocenters. The minimum Gasteiger partial charge on any atom is -0.344 e. The molecule has 0 aliphatic heterocycles. The molecule has 209 valence electrons. The van der Waals surface area contributed by atoms with Crippen LogP contribution in [0.5, 0.6) is 0 Å². The van der Waals surface area contributed by atoms with E-state index in [1.807, 2.05) is 104 Å². The zero-order chi connectivity index (χ0) is 28.9. The summed E-state index contributed by atoms with van der Waals surface area (Å²) in [6.07, 6.45) is 0. The average Bonchev–Trinajstić information content (AvgIpc) is 3.29. The number of hydrogen-bond acceptors (Lipinski definition) is 1. The van der Waals surface area contributed by atoms with Gasteiger partial charge in [0.2, 0.25) is 0 Å². The summed E-state index contributed by atoms with van der Waals surface area (Å²) in [4.78, 5) is 2.20. The zero-order valence-electron chi connectivity index (χ0n) is 26.3. The Balaban J connectivity index is 0. The first-order valence-corrected chi connectivity index (χ1v) is 14.2. The second-order valence-corrected chi connectivity index (χ2v) is 7.72. The molecule has 1 heterocycles. The molecule has 3 heteroatoms. The third-order valence-electron chi connectivity index (χ3n) is 5.19. The Kier molecular flexibility index (Phi) is 23.5. The molecule has 0 saturated heterocycles. The number of benzene rings is 4. The van der Waals surface area contributed by atoms with Crippen LogP contribution in [0.1, 0.15) is 61.0 Å². The number of nitrogens with zero attached hydrogens (tertiary/aromatic N) is 2. The van der Waals surface area contributed by atoms with Crippen molar-refractivity contribution in [2.75, 3.05) is 14.1 Å². The summed E-state index contributed by atoms with van der Waals surface area (Å²) in [7, 11) is 6.35. The summed E-state index contributed by atoms with van der Waals surface area (Å²) in [5.41, 5.74) is 6.17. The summed E-state index contributed by atoms with van der Waals surface area (Å²) in [6.45, 7) is 17.0. The Morgan fingerprint density at radius 2 is 1.05 bits per heavy atom. The molecule has 0 saturated carbocycles. The molecule has 0 aliphatic carbocycles. The first-order chi connectivity index (χ1) is 18.6. The van der Waals surface area contributed by atoms with E-state index in [4.69, 9.17) is 0 Å². The maximum atomic E-state index is 3.15. The van der Waals surface area contributed by atoms with Gasteiger partial charge >= 0.3 is 0 Å². The normalized spacial score (nSPS) is 9.03. The fourth-order valence-corrected chi connectivity index (χ4v) is 3.79. The van der Waals surface area contributed by atoms with E-state index in [1.165, 1.54) is 27.4 Å². The molecule has 0 spiro atoms. The van der Waals surface area contributed by atoms with Crippen LogP contribution in [0.2, 0.25) is 0 Å². The van der Waals surface area contributed by atoms with Crippen molar-refractivity contribution < 1.29 is 32.7 Å². The third kappa shape index (κ3) is 12.2. The van der Waals surface area contributed by atoms with Crippen LogP contribution in [0.3, 0.4) is 0 Å². The molecular weight excluding hydrogens is 549 g/mol. The maximum absolute atomic E-state index is 3.15. The van der Waals surface area contributed by atoms with Gasteiger partial charge in [0, 0.05) is 68.1 Å². The van der Waals surface area contributed by atoms with E-state index >= 15 is 0 Å². The van der Waals surface area contributed by atoms with Crippen LogP contribution in [-0.2, 0) is 46.3 Å². The van der Waals surface area contributed by atoms with Crippen molar-refractivity contribution in [2.45, 2.75) is 61.9 Å². The Labute approximate surface area is 265 Å². The molecule has 1 aromatic heterocycles. The minimum atomic E-state index is 0. The molecule has 5 aromatic rings. The maximum Gasteiger partial charge on any atom is 0.0491 e. The molecule has 0 N–H and O–H groups in total. The summed E-state index contributed by atoms with van der Waals surface area (Å²) in [6, 6.07) is 37.5. The van der Waals surface area contributed by atoms with Gasteiger partial charge in [-0.3, -0.25) is 0 Å². The van der Waals surface area contributed by atoms with Crippen LogP contribution in [0.15, 0.2) is 91.0 Å². The van der Waals surface area contributed by atoms with Gasteiger partial charge in [-0.25, -0.2) is 11.1 Å². The van der Waals surface area contributed by atoms with Crippen LogP contribution >= 0.6 is 0 Å². The minimum absolute atomic E-state index is 0. The van der Waals surface area contributed by atoms with E-state index in [0.29, 0.717) is 0 Å². The van der Waals surface area contributed by atoms with Crippen molar-refractivity contribution in [3.8, 4) is 11.1 Å². The van der Waals surface area contributed by atoms with Gasteiger partial charge in [-0.1, -0.05) is 85.7 Å². The van der Waals surface area contributed by atoms with E-state index < -0.39 is 0 Å². The predicted octanol–water partition coefficient (Wildman–Crippen LogP) is 10.4. The van der Waals surface area contributed by atoms with Crippen molar-refractivity contribution >= 4 is 21.8 Å². The van der Waals surface area contributed by atoms with Crippen molar-refractivity contribution in [2.24, 2.45) is 7.05 Å². The van der Waals surface area contributed by atoms with E-state index in [9.17, 15) is 0 Å². The van der Waals surface area contributed by atoms with E-state index in [1.54, 1.807) is 0 Å². The number of fused-ring (bicyclic) bond motifs is 3. The third-order valence-corrected chi connectivity index (χ3v) is 5.19. The number of rotatable bonds is 3. The Hall–Kier alpha value is -2.26. The van der Waals surface area contributed by atoms with E-state index in [0.717, 1.165) is 17.7 Å². The van der Waals surface area contributed by atoms with Gasteiger partial charge in [-0.2, -0.15) is 48.5 Å². The van der Waals surface area contributed by atoms with Gasteiger partial charge in [-0.05, 0) is 31.8 Å². The molecule has 0 unspecified atom stereocenters. The molecule has 4 aromatic carbocycles. The largest absolute Gasteiger partial charge is 0.344 e. The van der Waals surface area contributed by atoms with Gasteiger partial charge in [0.05, 0.1) is 0 Å². The standard InChI is InChI=1S/C16H18N2.C12H8.4C2H6.Y/c1-17(2)11-12-8-9-14-13-6-4-5-7-15(13)18(3)16(14)10-12;1-3-7-11(8-4-1)12-9-5-2-6-10-12;4*1-2;/h4-10H,11H2,1-3H3;1-7,9H;4*1-2H3;/q;-2;;;;;. The fraction of sp³-hybridized carbons (Fsp3) is 0.333. The van der Waals surface area contributed by atoms with Gasteiger partial charge < -0.3 is 9.47 Å². The predicted molar refractivity (Wildman–Crippen MR) is 173 cm³/mol. The van der Waals surface area contributed by atoms with Gasteiger partial charge in [0.1, 0.15) is 0 Å². The van der Waals surface area contributed by atoms with E-state index in [-0.39, 0.29) is 32.7 Å². The van der Waals surface area contributed by atoms with Crippen molar-refractivity contribution in [1.29, 1.82) is 0 Å². The van der Waals surface area contributed by atoms with Crippen molar-refractivity contribution in [3.05, 3.63) is 109 Å². The van der Waals surface area contributed by atoms with Crippen LogP contribution in [0.4, 0.5) is 0 Å². The Bertz CT molecular complexity index is 1210. The van der Waals surface area contributed by atoms with Gasteiger partial charge in [0.25, 0.3) is 0 Å². The van der Waals surface area contributed by atoms with Crippen LogP contribution < -0.4 is 0 Å². The molecule has 39 heavy (non-hydrogen) atoms. The topological polar surface area (TPSA) is 8.17 Å². The van der Waals surface area contributed by atoms with Gasteiger partial charge in [-0.15, -0.1) is 12.1 Å². The van der Waals surface area contributed by atoms with Crippen LogP contribution in [0, 0.1) is 12.1 Å². The average molecular weight is 600 g/mol. The summed E-state index contributed by atoms with van der Waals surface area (Å²) in [5.74, 6) is 0. The molecule has 0 fully saturated rings. The smallest absolute Gasteiger partial charge is 0.0491 e. The molecule has 2 nitrogen and oxygen atoms in total. The summed E-state index contributed by atoms with van der Waals surface area (Å²) >= 11 is 0. The molecule has 0 amide bonds. The molecule has 0 aliphatic rings. The molecular formula is C36H50N2Y-2. The van der Waals surface area contributed by atoms with E-state index in [2.05, 4.69) is 85.2 Å². The Morgan fingerprint density at radius 1 is 0.590 bits per heavy atom.